The second-order valence-corrected chi connectivity index (χ2v) is 3.23. The van der Waals surface area contributed by atoms with E-state index in [9.17, 15) is 13.6 Å². The fraction of sp³-hybridized carbons (Fsp3) is 0.857. The van der Waals surface area contributed by atoms with Gasteiger partial charge in [0.15, 0.2) is 0 Å². The molecule has 1 aliphatic heterocycles. The minimum absolute atomic E-state index is 0.0762. The van der Waals surface area contributed by atoms with E-state index >= 15 is 0 Å². The molecule has 64 valence electrons. The van der Waals surface area contributed by atoms with Crippen LogP contribution < -0.4 is 5.32 Å². The van der Waals surface area contributed by atoms with Gasteiger partial charge in [-0.25, -0.2) is 0 Å². The Labute approximate surface area is 64.0 Å². The Balaban J connectivity index is 2.65. The minimum atomic E-state index is -3.14. The normalized spacial score (nSPS) is 29.2. The first-order valence-corrected chi connectivity index (χ1v) is 3.62. The Bertz CT molecular complexity index is 179. The quantitative estimate of drug-likeness (QED) is 0.617. The van der Waals surface area contributed by atoms with Crippen LogP contribution in [0.2, 0.25) is 0 Å². The molecule has 1 fully saturated rings. The van der Waals surface area contributed by atoms with Gasteiger partial charge in [0.1, 0.15) is 0 Å². The summed E-state index contributed by atoms with van der Waals surface area (Å²) in [6.07, 6.45) is -0.358. The van der Waals surface area contributed by atoms with Crippen molar-refractivity contribution in [3.8, 4) is 0 Å². The average Bonchev–Trinajstić information content (AvgIpc) is 2.08. The fourth-order valence-electron chi connectivity index (χ4n) is 1.10. The summed E-state index contributed by atoms with van der Waals surface area (Å²) in [6, 6.07) is -0.363. The molecule has 1 saturated heterocycles. The predicted octanol–water partition coefficient (Wildman–Crippen LogP) is 1.17. The molecule has 0 aromatic carbocycles. The van der Waals surface area contributed by atoms with Crippen LogP contribution in [0.15, 0.2) is 0 Å². The van der Waals surface area contributed by atoms with Gasteiger partial charge in [0.05, 0.1) is 0 Å². The number of carbonyl (C=O) groups is 1. The lowest BCUT2D eigenvalue weighted by atomic mass is 10.0. The van der Waals surface area contributed by atoms with Crippen molar-refractivity contribution in [1.82, 2.24) is 5.32 Å². The van der Waals surface area contributed by atoms with Gasteiger partial charge in [-0.3, -0.25) is 4.79 Å². The number of nitrogens with one attached hydrogen (secondary N) is 1. The van der Waals surface area contributed by atoms with E-state index in [-0.39, 0.29) is 18.4 Å². The first-order chi connectivity index (χ1) is 4.93. The van der Waals surface area contributed by atoms with E-state index in [1.807, 2.05) is 13.8 Å². The molecule has 0 bridgehead atoms. The van der Waals surface area contributed by atoms with E-state index in [0.29, 0.717) is 0 Å². The molecule has 11 heavy (non-hydrogen) atoms. The number of amides is 1. The van der Waals surface area contributed by atoms with Crippen molar-refractivity contribution in [2.24, 2.45) is 5.92 Å². The highest BCUT2D eigenvalue weighted by Crippen LogP contribution is 2.29. The maximum Gasteiger partial charge on any atom is 0.326 e. The summed E-state index contributed by atoms with van der Waals surface area (Å²) in [4.78, 5) is 10.5. The zero-order chi connectivity index (χ0) is 8.65. The Morgan fingerprint density at radius 2 is 2.18 bits per heavy atom. The maximum atomic E-state index is 12.5. The SMILES string of the molecule is CC(C)C1CC(F)(F)C(=O)N1. The van der Waals surface area contributed by atoms with Gasteiger partial charge in [-0.15, -0.1) is 0 Å². The number of alkyl halides is 2. The highest BCUT2D eigenvalue weighted by molar-refractivity contribution is 5.86. The van der Waals surface area contributed by atoms with Crippen LogP contribution in [-0.2, 0) is 4.79 Å². The lowest BCUT2D eigenvalue weighted by Gasteiger charge is -2.12. The molecule has 2 nitrogen and oxygen atoms in total. The van der Waals surface area contributed by atoms with Gasteiger partial charge in [-0.2, -0.15) is 8.78 Å². The summed E-state index contributed by atoms with van der Waals surface area (Å²) in [5, 5.41) is 2.25. The lowest BCUT2D eigenvalue weighted by molar-refractivity contribution is -0.139. The maximum absolute atomic E-state index is 12.5. The molecule has 0 spiro atoms. The monoisotopic (exact) mass is 163 g/mol. The second-order valence-electron chi connectivity index (χ2n) is 3.23. The van der Waals surface area contributed by atoms with Crippen LogP contribution >= 0.6 is 0 Å². The van der Waals surface area contributed by atoms with Gasteiger partial charge in [0, 0.05) is 12.5 Å². The molecule has 0 radical (unpaired) electrons. The standard InChI is InChI=1S/C7H11F2NO/c1-4(2)5-3-7(8,9)6(11)10-5/h4-5H,3H2,1-2H3,(H,10,11). The molecule has 4 heteroatoms. The van der Waals surface area contributed by atoms with Crippen LogP contribution in [-0.4, -0.2) is 17.9 Å². The summed E-state index contributed by atoms with van der Waals surface area (Å²) >= 11 is 0. The van der Waals surface area contributed by atoms with Crippen LogP contribution in [0.3, 0.4) is 0 Å². The molecule has 1 rings (SSSR count). The van der Waals surface area contributed by atoms with Gasteiger partial charge in [0.2, 0.25) is 0 Å². The molecular weight excluding hydrogens is 152 g/mol. The lowest BCUT2D eigenvalue weighted by Crippen LogP contribution is -2.32. The Kier molecular flexibility index (Phi) is 1.86. The number of carbonyl (C=O) groups excluding carboxylic acids is 1. The van der Waals surface area contributed by atoms with Crippen molar-refractivity contribution in [1.29, 1.82) is 0 Å². The molecule has 0 aromatic rings. The number of hydrogen-bond acceptors (Lipinski definition) is 1. The van der Waals surface area contributed by atoms with Crippen LogP contribution in [0.5, 0.6) is 0 Å². The van der Waals surface area contributed by atoms with Gasteiger partial charge in [0.25, 0.3) is 5.91 Å². The molecular formula is C7H11F2NO. The van der Waals surface area contributed by atoms with Crippen LogP contribution in [0.4, 0.5) is 8.78 Å². The van der Waals surface area contributed by atoms with E-state index in [1.54, 1.807) is 0 Å². The highest BCUT2D eigenvalue weighted by atomic mass is 19.3. The van der Waals surface area contributed by atoms with Crippen molar-refractivity contribution in [2.45, 2.75) is 32.2 Å². The number of rotatable bonds is 1. The summed E-state index contributed by atoms with van der Waals surface area (Å²) in [5.74, 6) is -4.20. The van der Waals surface area contributed by atoms with Gasteiger partial charge in [-0.1, -0.05) is 13.8 Å². The Hall–Kier alpha value is -0.670. The van der Waals surface area contributed by atoms with Crippen molar-refractivity contribution < 1.29 is 13.6 Å². The largest absolute Gasteiger partial charge is 0.348 e. The van der Waals surface area contributed by atoms with Crippen LogP contribution in [0.1, 0.15) is 20.3 Å². The van der Waals surface area contributed by atoms with Gasteiger partial charge in [-0.05, 0) is 5.92 Å². The molecule has 1 aliphatic rings. The highest BCUT2D eigenvalue weighted by Gasteiger charge is 2.48. The Morgan fingerprint density at radius 1 is 1.64 bits per heavy atom. The topological polar surface area (TPSA) is 29.1 Å². The first kappa shape index (κ1) is 8.43. The molecule has 1 heterocycles. The van der Waals surface area contributed by atoms with E-state index in [0.717, 1.165) is 0 Å². The van der Waals surface area contributed by atoms with E-state index in [1.165, 1.54) is 0 Å². The molecule has 0 saturated carbocycles. The number of halogens is 2. The predicted molar refractivity (Wildman–Crippen MR) is 36.3 cm³/mol. The van der Waals surface area contributed by atoms with E-state index in [2.05, 4.69) is 5.32 Å². The minimum Gasteiger partial charge on any atom is -0.348 e. The summed E-state index contributed by atoms with van der Waals surface area (Å²) in [7, 11) is 0. The first-order valence-electron chi connectivity index (χ1n) is 3.62. The van der Waals surface area contributed by atoms with Crippen LogP contribution in [0, 0.1) is 5.92 Å². The Morgan fingerprint density at radius 3 is 2.36 bits per heavy atom. The van der Waals surface area contributed by atoms with Crippen LogP contribution in [0.25, 0.3) is 0 Å². The average molecular weight is 163 g/mol. The molecule has 0 aliphatic carbocycles. The second kappa shape index (κ2) is 2.43. The van der Waals surface area contributed by atoms with Crippen molar-refractivity contribution in [2.75, 3.05) is 0 Å². The summed E-state index contributed by atoms with van der Waals surface area (Å²) in [6.45, 7) is 3.62. The third kappa shape index (κ3) is 1.49. The summed E-state index contributed by atoms with van der Waals surface area (Å²) < 4.78 is 25.1. The molecule has 1 amide bonds. The van der Waals surface area contributed by atoms with Crippen molar-refractivity contribution in [3.63, 3.8) is 0 Å². The van der Waals surface area contributed by atoms with E-state index in [4.69, 9.17) is 0 Å². The zero-order valence-corrected chi connectivity index (χ0v) is 6.53. The summed E-state index contributed by atoms with van der Waals surface area (Å²) in [5.41, 5.74) is 0. The third-order valence-electron chi connectivity index (χ3n) is 1.93. The molecule has 1 unspecified atom stereocenters. The van der Waals surface area contributed by atoms with E-state index < -0.39 is 11.8 Å². The zero-order valence-electron chi connectivity index (χ0n) is 6.53. The number of hydrogen-bond donors (Lipinski definition) is 1. The molecule has 1 atom stereocenters. The molecule has 0 aromatic heterocycles. The fourth-order valence-corrected chi connectivity index (χ4v) is 1.10. The van der Waals surface area contributed by atoms with Gasteiger partial charge >= 0.3 is 5.92 Å². The molecule has 1 N–H and O–H groups in total. The third-order valence-corrected chi connectivity index (χ3v) is 1.93. The van der Waals surface area contributed by atoms with Crippen molar-refractivity contribution >= 4 is 5.91 Å². The smallest absolute Gasteiger partial charge is 0.326 e. The van der Waals surface area contributed by atoms with Gasteiger partial charge < -0.3 is 5.32 Å². The van der Waals surface area contributed by atoms with Crippen molar-refractivity contribution in [3.05, 3.63) is 0 Å².